The summed E-state index contributed by atoms with van der Waals surface area (Å²) in [5, 5.41) is 23.3. The van der Waals surface area contributed by atoms with Crippen molar-refractivity contribution in [2.45, 2.75) is 26.7 Å². The number of amides is 1. The molecule has 3 rings (SSSR count). The van der Waals surface area contributed by atoms with E-state index in [0.717, 1.165) is 16.8 Å². The Bertz CT molecular complexity index is 1140. The molecule has 150 valence electrons. The Labute approximate surface area is 176 Å². The van der Waals surface area contributed by atoms with E-state index in [2.05, 4.69) is 21.7 Å². The minimum absolute atomic E-state index is 0.0359. The minimum Gasteiger partial charge on any atom is -0.355 e. The van der Waals surface area contributed by atoms with E-state index >= 15 is 0 Å². The van der Waals surface area contributed by atoms with Crippen LogP contribution < -0.4 is 10.6 Å². The summed E-state index contributed by atoms with van der Waals surface area (Å²) in [7, 11) is 0. The van der Waals surface area contributed by atoms with E-state index in [1.165, 1.54) is 6.21 Å². The highest BCUT2D eigenvalue weighted by Crippen LogP contribution is 2.27. The predicted octanol–water partition coefficient (Wildman–Crippen LogP) is 5.38. The monoisotopic (exact) mass is 397 g/mol. The van der Waals surface area contributed by atoms with Crippen molar-refractivity contribution in [1.82, 2.24) is 4.98 Å². The average Bonchev–Trinajstić information content (AvgIpc) is 2.74. The van der Waals surface area contributed by atoms with Crippen LogP contribution in [0.5, 0.6) is 0 Å². The summed E-state index contributed by atoms with van der Waals surface area (Å²) in [5.41, 5.74) is 5.56. The summed E-state index contributed by atoms with van der Waals surface area (Å²) in [6.07, 6.45) is 4.71. The number of hydrogen-bond donors (Lipinski definition) is 3. The van der Waals surface area contributed by atoms with Gasteiger partial charge in [-0.05, 0) is 60.4 Å². The number of anilines is 3. The van der Waals surface area contributed by atoms with Gasteiger partial charge < -0.3 is 16.0 Å². The lowest BCUT2D eigenvalue weighted by molar-refractivity contribution is 0.102. The first-order valence-corrected chi connectivity index (χ1v) is 9.61. The van der Waals surface area contributed by atoms with Crippen LogP contribution in [-0.4, -0.2) is 17.1 Å². The van der Waals surface area contributed by atoms with Crippen molar-refractivity contribution in [2.75, 3.05) is 10.6 Å². The SMILES string of the molecule is Cc1cnccc1Nc1cc(NC(=O)c2cccc(C#N)c2C(C)C)ccc1C=N. The molecule has 1 amide bonds. The maximum atomic E-state index is 13.0. The normalized spacial score (nSPS) is 10.4. The molecule has 30 heavy (non-hydrogen) atoms. The van der Waals surface area contributed by atoms with Crippen LogP contribution in [0.3, 0.4) is 0 Å². The highest BCUT2D eigenvalue weighted by molar-refractivity contribution is 6.06. The molecule has 6 nitrogen and oxygen atoms in total. The van der Waals surface area contributed by atoms with Crippen LogP contribution in [0.4, 0.5) is 17.1 Å². The first-order valence-electron chi connectivity index (χ1n) is 9.61. The lowest BCUT2D eigenvalue weighted by Crippen LogP contribution is -2.16. The van der Waals surface area contributed by atoms with Crippen molar-refractivity contribution in [3.8, 4) is 6.07 Å². The highest BCUT2D eigenvalue weighted by Gasteiger charge is 2.18. The van der Waals surface area contributed by atoms with Crippen LogP contribution in [0.15, 0.2) is 54.9 Å². The minimum atomic E-state index is -0.274. The maximum absolute atomic E-state index is 13.0. The standard InChI is InChI=1S/C24H23N5O/c1-15(2)23-18(13-26)5-4-6-20(23)24(30)28-19-8-7-17(12-25)22(11-19)29-21-9-10-27-14-16(21)3/h4-12,14-15,25H,1-3H3,(H,27,29)(H,28,30). The molecule has 0 radical (unpaired) electrons. The van der Waals surface area contributed by atoms with Crippen molar-refractivity contribution in [3.63, 3.8) is 0 Å². The Morgan fingerprint density at radius 3 is 2.67 bits per heavy atom. The van der Waals surface area contributed by atoms with Gasteiger partial charge in [0.25, 0.3) is 5.91 Å². The highest BCUT2D eigenvalue weighted by atomic mass is 16.1. The van der Waals surface area contributed by atoms with Gasteiger partial charge in [0.2, 0.25) is 0 Å². The quantitative estimate of drug-likeness (QED) is 0.486. The zero-order valence-electron chi connectivity index (χ0n) is 17.2. The summed E-state index contributed by atoms with van der Waals surface area (Å²) in [5.74, 6) is -0.238. The van der Waals surface area contributed by atoms with E-state index in [1.54, 1.807) is 48.8 Å². The van der Waals surface area contributed by atoms with Crippen molar-refractivity contribution in [1.29, 1.82) is 10.7 Å². The second-order valence-corrected chi connectivity index (χ2v) is 7.25. The smallest absolute Gasteiger partial charge is 0.255 e. The van der Waals surface area contributed by atoms with Crippen LogP contribution >= 0.6 is 0 Å². The Balaban J connectivity index is 1.93. The van der Waals surface area contributed by atoms with Crippen LogP contribution in [0.1, 0.15) is 52.4 Å². The Morgan fingerprint density at radius 1 is 1.20 bits per heavy atom. The average molecular weight is 397 g/mol. The van der Waals surface area contributed by atoms with Crippen LogP contribution in [0.25, 0.3) is 0 Å². The Hall–Kier alpha value is -3.98. The number of aryl methyl sites for hydroxylation is 1. The summed E-state index contributed by atoms with van der Waals surface area (Å²) in [6, 6.07) is 14.5. The van der Waals surface area contributed by atoms with Crippen LogP contribution in [0, 0.1) is 23.7 Å². The lowest BCUT2D eigenvalue weighted by atomic mass is 9.92. The van der Waals surface area contributed by atoms with E-state index in [-0.39, 0.29) is 11.8 Å². The molecule has 3 aromatic rings. The van der Waals surface area contributed by atoms with Crippen molar-refractivity contribution in [3.05, 3.63) is 82.7 Å². The first kappa shape index (κ1) is 20.7. The fraction of sp³-hybridized carbons (Fsp3) is 0.167. The summed E-state index contributed by atoms with van der Waals surface area (Å²) < 4.78 is 0. The number of nitrogens with zero attached hydrogens (tertiary/aromatic N) is 2. The molecule has 3 N–H and O–H groups in total. The molecular formula is C24H23N5O. The fourth-order valence-corrected chi connectivity index (χ4v) is 3.31. The van der Waals surface area contributed by atoms with Gasteiger partial charge in [-0.2, -0.15) is 5.26 Å². The summed E-state index contributed by atoms with van der Waals surface area (Å²) in [4.78, 5) is 17.1. The van der Waals surface area contributed by atoms with E-state index in [0.29, 0.717) is 28.1 Å². The van der Waals surface area contributed by atoms with E-state index in [1.807, 2.05) is 26.8 Å². The second-order valence-electron chi connectivity index (χ2n) is 7.25. The van der Waals surface area contributed by atoms with Gasteiger partial charge in [-0.3, -0.25) is 9.78 Å². The third-order valence-electron chi connectivity index (χ3n) is 4.80. The number of benzene rings is 2. The van der Waals surface area contributed by atoms with E-state index < -0.39 is 0 Å². The zero-order chi connectivity index (χ0) is 21.7. The molecule has 0 aliphatic heterocycles. The third kappa shape index (κ3) is 4.36. The molecule has 1 heterocycles. The number of nitriles is 1. The summed E-state index contributed by atoms with van der Waals surface area (Å²) >= 11 is 0. The molecule has 0 saturated heterocycles. The van der Waals surface area contributed by atoms with Crippen LogP contribution in [0.2, 0.25) is 0 Å². The first-order chi connectivity index (χ1) is 14.4. The van der Waals surface area contributed by atoms with Gasteiger partial charge in [0.05, 0.1) is 11.6 Å². The number of aromatic nitrogens is 1. The number of rotatable bonds is 6. The van der Waals surface area contributed by atoms with Gasteiger partial charge in [0, 0.05) is 46.8 Å². The fourth-order valence-electron chi connectivity index (χ4n) is 3.31. The number of carbonyl (C=O) groups excluding carboxylic acids is 1. The molecule has 2 aromatic carbocycles. The number of carbonyl (C=O) groups is 1. The van der Waals surface area contributed by atoms with Crippen molar-refractivity contribution in [2.24, 2.45) is 0 Å². The molecule has 6 heteroatoms. The molecule has 0 aliphatic carbocycles. The van der Waals surface area contributed by atoms with Crippen LogP contribution in [-0.2, 0) is 0 Å². The Kier molecular flexibility index (Phi) is 6.23. The number of nitrogens with one attached hydrogen (secondary N) is 3. The molecule has 0 spiro atoms. The van der Waals surface area contributed by atoms with Crippen molar-refractivity contribution >= 4 is 29.2 Å². The van der Waals surface area contributed by atoms with E-state index in [4.69, 9.17) is 5.41 Å². The number of hydrogen-bond acceptors (Lipinski definition) is 5. The van der Waals surface area contributed by atoms with Crippen molar-refractivity contribution < 1.29 is 4.79 Å². The third-order valence-corrected chi connectivity index (χ3v) is 4.80. The molecule has 0 fully saturated rings. The molecule has 1 aromatic heterocycles. The molecular weight excluding hydrogens is 374 g/mol. The number of pyridine rings is 1. The maximum Gasteiger partial charge on any atom is 0.255 e. The molecule has 0 aliphatic rings. The van der Waals surface area contributed by atoms with Gasteiger partial charge in [-0.25, -0.2) is 0 Å². The van der Waals surface area contributed by atoms with Gasteiger partial charge in [-0.1, -0.05) is 19.9 Å². The molecule has 0 bridgehead atoms. The molecule has 0 atom stereocenters. The van der Waals surface area contributed by atoms with E-state index in [9.17, 15) is 10.1 Å². The molecule has 0 unspecified atom stereocenters. The van der Waals surface area contributed by atoms with Gasteiger partial charge in [0.15, 0.2) is 0 Å². The topological polar surface area (TPSA) is 102 Å². The van der Waals surface area contributed by atoms with Gasteiger partial charge in [-0.15, -0.1) is 0 Å². The Morgan fingerprint density at radius 2 is 2.00 bits per heavy atom. The zero-order valence-corrected chi connectivity index (χ0v) is 17.2. The van der Waals surface area contributed by atoms with Gasteiger partial charge >= 0.3 is 0 Å². The molecule has 0 saturated carbocycles. The predicted molar refractivity (Wildman–Crippen MR) is 120 cm³/mol. The largest absolute Gasteiger partial charge is 0.355 e. The second kappa shape index (κ2) is 9.01. The lowest BCUT2D eigenvalue weighted by Gasteiger charge is -2.16. The van der Waals surface area contributed by atoms with Gasteiger partial charge in [0.1, 0.15) is 0 Å². The summed E-state index contributed by atoms with van der Waals surface area (Å²) in [6.45, 7) is 5.87.